The highest BCUT2D eigenvalue weighted by Crippen LogP contribution is 2.36. The Balaban J connectivity index is 3.28. The summed E-state index contributed by atoms with van der Waals surface area (Å²) in [4.78, 5) is 0. The highest BCUT2D eigenvalue weighted by molar-refractivity contribution is 5.45. The van der Waals surface area contributed by atoms with Crippen molar-refractivity contribution in [3.05, 3.63) is 23.5 Å². The predicted octanol–water partition coefficient (Wildman–Crippen LogP) is 3.23. The van der Waals surface area contributed by atoms with Crippen molar-refractivity contribution in [3.63, 3.8) is 0 Å². The lowest BCUT2D eigenvalue weighted by atomic mass is 9.82. The molecule has 0 fully saturated rings. The highest BCUT2D eigenvalue weighted by atomic mass is 19.1. The lowest BCUT2D eigenvalue weighted by Crippen LogP contribution is -2.15. The Hall–Kier alpha value is -1.25. The van der Waals surface area contributed by atoms with Crippen molar-refractivity contribution >= 4 is 0 Å². The monoisotopic (exact) mass is 212 g/mol. The summed E-state index contributed by atoms with van der Waals surface area (Å²) in [5.74, 6) is -0.870. The number of phenolic OH excluding ortho intramolecular Hbond substituents is 1. The fourth-order valence-corrected chi connectivity index (χ4v) is 1.32. The van der Waals surface area contributed by atoms with Crippen LogP contribution in [-0.4, -0.2) is 12.2 Å². The van der Waals surface area contributed by atoms with Crippen molar-refractivity contribution in [2.75, 3.05) is 7.11 Å². The number of rotatable bonds is 3. The number of halogens is 1. The van der Waals surface area contributed by atoms with Crippen molar-refractivity contribution in [2.45, 2.75) is 32.6 Å². The molecule has 2 nitrogen and oxygen atoms in total. The first-order chi connectivity index (χ1) is 6.92. The van der Waals surface area contributed by atoms with Gasteiger partial charge in [0, 0.05) is 0 Å². The van der Waals surface area contributed by atoms with Crippen LogP contribution in [-0.2, 0) is 5.41 Å². The second-order valence-corrected chi connectivity index (χ2v) is 4.25. The maximum Gasteiger partial charge on any atom is 0.194 e. The van der Waals surface area contributed by atoms with Crippen molar-refractivity contribution < 1.29 is 14.2 Å². The first-order valence-corrected chi connectivity index (χ1v) is 4.99. The second-order valence-electron chi connectivity index (χ2n) is 4.25. The molecule has 0 aliphatic carbocycles. The number of phenols is 1. The van der Waals surface area contributed by atoms with E-state index in [1.807, 2.05) is 20.8 Å². The van der Waals surface area contributed by atoms with Gasteiger partial charge >= 0.3 is 0 Å². The third-order valence-electron chi connectivity index (χ3n) is 2.91. The van der Waals surface area contributed by atoms with E-state index >= 15 is 0 Å². The van der Waals surface area contributed by atoms with Crippen LogP contribution in [0.5, 0.6) is 11.5 Å². The van der Waals surface area contributed by atoms with Crippen LogP contribution in [0, 0.1) is 5.82 Å². The normalized spacial score (nSPS) is 11.5. The van der Waals surface area contributed by atoms with Gasteiger partial charge in [-0.15, -0.1) is 0 Å². The van der Waals surface area contributed by atoms with Gasteiger partial charge in [-0.3, -0.25) is 0 Å². The minimum atomic E-state index is -0.633. The molecule has 0 amide bonds. The molecule has 0 aliphatic heterocycles. The zero-order valence-electron chi connectivity index (χ0n) is 9.60. The number of methoxy groups -OCH3 is 1. The number of ether oxygens (including phenoxy) is 1. The van der Waals surface area contributed by atoms with Crippen molar-refractivity contribution in [2.24, 2.45) is 0 Å². The van der Waals surface area contributed by atoms with Gasteiger partial charge in [0.1, 0.15) is 0 Å². The Labute approximate surface area is 89.7 Å². The molecule has 0 saturated carbocycles. The Kier molecular flexibility index (Phi) is 3.22. The fourth-order valence-electron chi connectivity index (χ4n) is 1.32. The van der Waals surface area contributed by atoms with Crippen molar-refractivity contribution in [1.82, 2.24) is 0 Å². The molecule has 84 valence electrons. The molecule has 3 heteroatoms. The molecule has 1 rings (SSSR count). The highest BCUT2D eigenvalue weighted by Gasteiger charge is 2.21. The molecule has 0 unspecified atom stereocenters. The van der Waals surface area contributed by atoms with Gasteiger partial charge in [0.15, 0.2) is 17.3 Å². The topological polar surface area (TPSA) is 29.5 Å². The Bertz CT molecular complexity index is 359. The van der Waals surface area contributed by atoms with Gasteiger partial charge in [-0.2, -0.15) is 0 Å². The second kappa shape index (κ2) is 4.09. The summed E-state index contributed by atoms with van der Waals surface area (Å²) >= 11 is 0. The molecule has 1 aromatic carbocycles. The average molecular weight is 212 g/mol. The molecule has 0 atom stereocenters. The largest absolute Gasteiger partial charge is 0.502 e. The van der Waals surface area contributed by atoms with Crippen LogP contribution < -0.4 is 4.74 Å². The third-order valence-corrected chi connectivity index (χ3v) is 2.91. The van der Waals surface area contributed by atoms with Gasteiger partial charge in [-0.05, 0) is 29.5 Å². The molecule has 1 N–H and O–H groups in total. The number of hydrogen-bond donors (Lipinski definition) is 1. The van der Waals surface area contributed by atoms with Gasteiger partial charge < -0.3 is 9.84 Å². The van der Waals surface area contributed by atoms with E-state index in [1.165, 1.54) is 13.2 Å². The Morgan fingerprint density at radius 3 is 2.47 bits per heavy atom. The standard InChI is InChI=1S/C12H17FO2/c1-5-12(2,3)8-6-9(13)11(14)10(7-8)15-4/h6-7,14H,5H2,1-4H3. The molecular formula is C12H17FO2. The van der Waals surface area contributed by atoms with E-state index in [2.05, 4.69) is 0 Å². The van der Waals surface area contributed by atoms with Crippen LogP contribution in [0.3, 0.4) is 0 Å². The van der Waals surface area contributed by atoms with Crippen molar-refractivity contribution in [3.8, 4) is 11.5 Å². The molecule has 15 heavy (non-hydrogen) atoms. The summed E-state index contributed by atoms with van der Waals surface area (Å²) in [6.45, 7) is 6.09. The molecule has 0 spiro atoms. The van der Waals surface area contributed by atoms with E-state index in [9.17, 15) is 9.50 Å². The first kappa shape index (κ1) is 11.8. The average Bonchev–Trinajstić information content (AvgIpc) is 2.21. The van der Waals surface area contributed by atoms with E-state index in [0.29, 0.717) is 0 Å². The zero-order valence-corrected chi connectivity index (χ0v) is 9.60. The van der Waals surface area contributed by atoms with Crippen LogP contribution in [0.1, 0.15) is 32.8 Å². The number of hydrogen-bond acceptors (Lipinski definition) is 2. The smallest absolute Gasteiger partial charge is 0.194 e. The molecule has 0 saturated heterocycles. The van der Waals surface area contributed by atoms with Gasteiger partial charge in [-0.25, -0.2) is 4.39 Å². The SMILES string of the molecule is CCC(C)(C)c1cc(F)c(O)c(OC)c1. The van der Waals surface area contributed by atoms with E-state index in [-0.39, 0.29) is 11.2 Å². The lowest BCUT2D eigenvalue weighted by molar-refractivity contribution is 0.353. The first-order valence-electron chi connectivity index (χ1n) is 4.99. The molecule has 0 heterocycles. The van der Waals surface area contributed by atoms with Crippen LogP contribution in [0.25, 0.3) is 0 Å². The van der Waals surface area contributed by atoms with Gasteiger partial charge in [-0.1, -0.05) is 20.8 Å². The van der Waals surface area contributed by atoms with Gasteiger partial charge in [0.05, 0.1) is 7.11 Å². The predicted molar refractivity (Wildman–Crippen MR) is 57.9 cm³/mol. The fraction of sp³-hybridized carbons (Fsp3) is 0.500. The van der Waals surface area contributed by atoms with E-state index in [0.717, 1.165) is 12.0 Å². The van der Waals surface area contributed by atoms with Crippen LogP contribution in [0.15, 0.2) is 12.1 Å². The summed E-state index contributed by atoms with van der Waals surface area (Å²) in [6, 6.07) is 3.04. The van der Waals surface area contributed by atoms with E-state index < -0.39 is 11.6 Å². The molecule has 0 radical (unpaired) electrons. The van der Waals surface area contributed by atoms with E-state index in [1.54, 1.807) is 6.07 Å². The molecule has 0 aliphatic rings. The molecular weight excluding hydrogens is 195 g/mol. The Morgan fingerprint density at radius 2 is 2.00 bits per heavy atom. The molecule has 0 aromatic heterocycles. The minimum absolute atomic E-state index is 0.123. The lowest BCUT2D eigenvalue weighted by Gasteiger charge is -2.24. The number of aromatic hydroxyl groups is 1. The summed E-state index contributed by atoms with van der Waals surface area (Å²) in [5.41, 5.74) is 0.708. The summed E-state index contributed by atoms with van der Waals surface area (Å²) in [6.07, 6.45) is 0.889. The van der Waals surface area contributed by atoms with Gasteiger partial charge in [0.25, 0.3) is 0 Å². The Morgan fingerprint density at radius 1 is 1.40 bits per heavy atom. The number of benzene rings is 1. The zero-order chi connectivity index (χ0) is 11.6. The summed E-state index contributed by atoms with van der Waals surface area (Å²) in [5, 5.41) is 9.36. The van der Waals surface area contributed by atoms with Crippen LogP contribution in [0.4, 0.5) is 4.39 Å². The quantitative estimate of drug-likeness (QED) is 0.833. The summed E-state index contributed by atoms with van der Waals surface area (Å²) < 4.78 is 18.3. The molecule has 0 bridgehead atoms. The van der Waals surface area contributed by atoms with E-state index in [4.69, 9.17) is 4.74 Å². The van der Waals surface area contributed by atoms with Gasteiger partial charge in [0.2, 0.25) is 0 Å². The van der Waals surface area contributed by atoms with Crippen LogP contribution in [0.2, 0.25) is 0 Å². The third kappa shape index (κ3) is 2.22. The maximum absolute atomic E-state index is 13.4. The maximum atomic E-state index is 13.4. The molecule has 1 aromatic rings. The minimum Gasteiger partial charge on any atom is -0.502 e. The van der Waals surface area contributed by atoms with Crippen LogP contribution >= 0.6 is 0 Å². The van der Waals surface area contributed by atoms with Crippen molar-refractivity contribution in [1.29, 1.82) is 0 Å². The summed E-state index contributed by atoms with van der Waals surface area (Å²) in [7, 11) is 1.41.